The highest BCUT2D eigenvalue weighted by Gasteiger charge is 2.42. The summed E-state index contributed by atoms with van der Waals surface area (Å²) < 4.78 is 98.2. The van der Waals surface area contributed by atoms with E-state index in [0.717, 1.165) is 18.2 Å². The van der Waals surface area contributed by atoms with E-state index in [1.165, 1.54) is 6.92 Å². The third-order valence-corrected chi connectivity index (χ3v) is 6.09. The maximum absolute atomic E-state index is 15.3. The predicted molar refractivity (Wildman–Crippen MR) is 117 cm³/mol. The van der Waals surface area contributed by atoms with E-state index >= 15 is 4.39 Å². The summed E-state index contributed by atoms with van der Waals surface area (Å²) in [7, 11) is 0. The number of primary amides is 1. The van der Waals surface area contributed by atoms with Crippen LogP contribution in [0.15, 0.2) is 30.3 Å². The van der Waals surface area contributed by atoms with Gasteiger partial charge in [0.25, 0.3) is 0 Å². The van der Waals surface area contributed by atoms with Crippen molar-refractivity contribution in [3.63, 3.8) is 0 Å². The second-order valence-corrected chi connectivity index (χ2v) is 8.35. The number of benzene rings is 2. The molecule has 0 aromatic heterocycles. The van der Waals surface area contributed by atoms with Crippen LogP contribution in [0.4, 0.5) is 30.7 Å². The van der Waals surface area contributed by atoms with Crippen molar-refractivity contribution in [3.05, 3.63) is 73.2 Å². The number of nitrogens with two attached hydrogens (primary N) is 2. The Bertz CT molecular complexity index is 1110. The van der Waals surface area contributed by atoms with Gasteiger partial charge < -0.3 is 11.5 Å². The second kappa shape index (κ2) is 10.3. The minimum absolute atomic E-state index is 0.0706. The summed E-state index contributed by atoms with van der Waals surface area (Å²) in [6, 6.07) is 1.45. The highest BCUT2D eigenvalue weighted by atomic mass is 35.5. The first-order chi connectivity index (χ1) is 15.5. The SMILES string of the molecule is CC[C@@H](N)c1c(/C(F)=C/C(c2cc(Cl)c(Cl)c(Cl)c2)C(F)(F)F)ccc(C(N)=O)c1C(F)(F)F. The fraction of sp³-hybridized carbons (Fsp3) is 0.286. The van der Waals surface area contributed by atoms with Crippen LogP contribution >= 0.6 is 34.8 Å². The first-order valence-corrected chi connectivity index (χ1v) is 10.5. The summed E-state index contributed by atoms with van der Waals surface area (Å²) in [5.41, 5.74) is 5.82. The fourth-order valence-electron chi connectivity index (χ4n) is 3.30. The molecule has 186 valence electrons. The zero-order chi connectivity index (χ0) is 26.2. The van der Waals surface area contributed by atoms with Gasteiger partial charge in [-0.1, -0.05) is 47.8 Å². The van der Waals surface area contributed by atoms with Crippen LogP contribution in [0.2, 0.25) is 15.1 Å². The molecule has 0 radical (unpaired) electrons. The monoisotopic (exact) mass is 550 g/mol. The van der Waals surface area contributed by atoms with E-state index in [-0.39, 0.29) is 27.6 Å². The number of carbonyl (C=O) groups excluding carboxylic acids is 1. The zero-order valence-corrected chi connectivity index (χ0v) is 19.4. The Morgan fingerprint density at radius 3 is 1.94 bits per heavy atom. The van der Waals surface area contributed by atoms with Gasteiger partial charge in [-0.15, -0.1) is 0 Å². The van der Waals surface area contributed by atoms with Gasteiger partial charge in [-0.2, -0.15) is 26.3 Å². The molecule has 0 fully saturated rings. The summed E-state index contributed by atoms with van der Waals surface area (Å²) >= 11 is 17.3. The number of amides is 1. The summed E-state index contributed by atoms with van der Waals surface area (Å²) in [4.78, 5) is 11.6. The molecule has 0 aliphatic carbocycles. The number of alkyl halides is 6. The Labute approximate surface area is 204 Å². The van der Waals surface area contributed by atoms with E-state index in [4.69, 9.17) is 46.3 Å². The van der Waals surface area contributed by atoms with Crippen LogP contribution in [0.3, 0.4) is 0 Å². The first-order valence-electron chi connectivity index (χ1n) is 9.38. The standard InChI is InChI=1S/C21H16Cl3F7N2O/c1-2-15(32)16-9(3-4-10(19(33)34)17(16)21(29,30)31)14(25)7-11(20(26,27)28)8-5-12(22)18(24)13(23)6-8/h3-7,11,15H,2,32H2,1H3,(H2,33,34)/b14-7-/t11?,15-/m1/s1. The van der Waals surface area contributed by atoms with Crippen LogP contribution in [0.5, 0.6) is 0 Å². The molecular formula is C21H16Cl3F7N2O. The summed E-state index contributed by atoms with van der Waals surface area (Å²) in [5.74, 6) is -5.79. The third-order valence-electron chi connectivity index (χ3n) is 4.89. The molecule has 1 amide bonds. The van der Waals surface area contributed by atoms with Crippen molar-refractivity contribution in [2.24, 2.45) is 11.5 Å². The molecule has 0 aliphatic heterocycles. The maximum atomic E-state index is 15.3. The van der Waals surface area contributed by atoms with Gasteiger partial charge in [-0.05, 0) is 41.8 Å². The Kier molecular flexibility index (Phi) is 8.56. The lowest BCUT2D eigenvalue weighted by Crippen LogP contribution is -2.25. The van der Waals surface area contributed by atoms with Crippen molar-refractivity contribution < 1.29 is 35.5 Å². The molecule has 2 aromatic carbocycles. The van der Waals surface area contributed by atoms with Gasteiger partial charge >= 0.3 is 12.4 Å². The molecule has 34 heavy (non-hydrogen) atoms. The lowest BCUT2D eigenvalue weighted by atomic mass is 9.87. The van der Waals surface area contributed by atoms with Crippen LogP contribution in [-0.4, -0.2) is 12.1 Å². The minimum Gasteiger partial charge on any atom is -0.366 e. The van der Waals surface area contributed by atoms with Crippen molar-refractivity contribution in [2.75, 3.05) is 0 Å². The van der Waals surface area contributed by atoms with Gasteiger partial charge in [-0.25, -0.2) is 4.39 Å². The minimum atomic E-state index is -5.20. The molecule has 0 saturated carbocycles. The Morgan fingerprint density at radius 1 is 1.03 bits per heavy atom. The molecule has 1 unspecified atom stereocenters. The normalized spacial score (nSPS) is 14.8. The van der Waals surface area contributed by atoms with E-state index in [9.17, 15) is 31.1 Å². The lowest BCUT2D eigenvalue weighted by Gasteiger charge is -2.24. The Hall–Kier alpha value is -2.01. The number of hydrogen-bond acceptors (Lipinski definition) is 2. The van der Waals surface area contributed by atoms with Gasteiger partial charge in [0.15, 0.2) is 0 Å². The lowest BCUT2D eigenvalue weighted by molar-refractivity contribution is -0.140. The highest BCUT2D eigenvalue weighted by molar-refractivity contribution is 6.48. The van der Waals surface area contributed by atoms with Gasteiger partial charge in [0.1, 0.15) is 11.7 Å². The number of halogens is 10. The Balaban J connectivity index is 2.85. The van der Waals surface area contributed by atoms with Crippen LogP contribution in [0.1, 0.15) is 57.9 Å². The average molecular weight is 552 g/mol. The molecule has 3 nitrogen and oxygen atoms in total. The molecule has 2 atom stereocenters. The van der Waals surface area contributed by atoms with E-state index < -0.39 is 63.9 Å². The molecule has 0 heterocycles. The zero-order valence-electron chi connectivity index (χ0n) is 17.1. The molecule has 2 rings (SSSR count). The van der Waals surface area contributed by atoms with Crippen molar-refractivity contribution >= 4 is 46.5 Å². The van der Waals surface area contributed by atoms with Crippen LogP contribution in [0.25, 0.3) is 5.83 Å². The summed E-state index contributed by atoms with van der Waals surface area (Å²) in [5, 5.41) is -0.914. The molecule has 0 saturated heterocycles. The Morgan fingerprint density at radius 2 is 1.53 bits per heavy atom. The number of allylic oxidation sites excluding steroid dienone is 1. The van der Waals surface area contributed by atoms with Gasteiger partial charge in [0, 0.05) is 11.6 Å². The van der Waals surface area contributed by atoms with Crippen molar-refractivity contribution in [3.8, 4) is 0 Å². The number of hydrogen-bond donors (Lipinski definition) is 2. The fourth-order valence-corrected chi connectivity index (χ4v) is 3.91. The van der Waals surface area contributed by atoms with Crippen LogP contribution in [0, 0.1) is 0 Å². The number of rotatable bonds is 6. The van der Waals surface area contributed by atoms with Crippen molar-refractivity contribution in [1.29, 1.82) is 0 Å². The predicted octanol–water partition coefficient (Wildman–Crippen LogP) is 7.83. The summed E-state index contributed by atoms with van der Waals surface area (Å²) in [6.45, 7) is 1.38. The smallest absolute Gasteiger partial charge is 0.366 e. The van der Waals surface area contributed by atoms with Crippen molar-refractivity contribution in [2.45, 2.75) is 37.7 Å². The maximum Gasteiger partial charge on any atom is 0.417 e. The van der Waals surface area contributed by atoms with Crippen molar-refractivity contribution in [1.82, 2.24) is 0 Å². The molecule has 0 aliphatic rings. The number of carbonyl (C=O) groups is 1. The summed E-state index contributed by atoms with van der Waals surface area (Å²) in [6.07, 6.45) is -10.4. The van der Waals surface area contributed by atoms with E-state index in [0.29, 0.717) is 6.07 Å². The topological polar surface area (TPSA) is 69.1 Å². The van der Waals surface area contributed by atoms with E-state index in [1.54, 1.807) is 0 Å². The van der Waals surface area contributed by atoms with Gasteiger partial charge in [-0.3, -0.25) is 4.79 Å². The van der Waals surface area contributed by atoms with E-state index in [2.05, 4.69) is 0 Å². The van der Waals surface area contributed by atoms with Gasteiger partial charge in [0.2, 0.25) is 5.91 Å². The molecule has 0 spiro atoms. The molecule has 0 bridgehead atoms. The molecular weight excluding hydrogens is 536 g/mol. The van der Waals surface area contributed by atoms with Crippen LogP contribution < -0.4 is 11.5 Å². The third kappa shape index (κ3) is 5.97. The largest absolute Gasteiger partial charge is 0.417 e. The van der Waals surface area contributed by atoms with E-state index in [1.807, 2.05) is 0 Å². The molecule has 4 N–H and O–H groups in total. The first kappa shape index (κ1) is 28.2. The average Bonchev–Trinajstić information content (AvgIpc) is 2.72. The van der Waals surface area contributed by atoms with Crippen LogP contribution in [-0.2, 0) is 6.18 Å². The molecule has 13 heteroatoms. The quantitative estimate of drug-likeness (QED) is 0.284. The molecule has 2 aromatic rings. The highest BCUT2D eigenvalue weighted by Crippen LogP contribution is 2.45. The van der Waals surface area contributed by atoms with Gasteiger partial charge in [0.05, 0.1) is 26.2 Å². The second-order valence-electron chi connectivity index (χ2n) is 7.16.